The number of rotatable bonds is 5. The fourth-order valence-electron chi connectivity index (χ4n) is 6.46. The van der Waals surface area contributed by atoms with Gasteiger partial charge in [0.05, 0.1) is 25.4 Å². The lowest BCUT2D eigenvalue weighted by Crippen LogP contribution is -2.47. The molecule has 3 atom stereocenters. The zero-order chi connectivity index (χ0) is 24.0. The van der Waals surface area contributed by atoms with Crippen LogP contribution in [-0.4, -0.2) is 74.6 Å². The van der Waals surface area contributed by atoms with Crippen LogP contribution in [0.25, 0.3) is 10.8 Å². The number of carbonyl (C=O) groups excluding carboxylic acids is 1. The van der Waals surface area contributed by atoms with Crippen molar-refractivity contribution in [2.75, 3.05) is 51.9 Å². The molecule has 4 fully saturated rings. The van der Waals surface area contributed by atoms with Gasteiger partial charge in [0.25, 0.3) is 0 Å². The maximum absolute atomic E-state index is 12.9. The third kappa shape index (κ3) is 4.58. The minimum atomic E-state index is 0.0813. The van der Waals surface area contributed by atoms with Crippen LogP contribution in [0.4, 0.5) is 5.82 Å². The van der Waals surface area contributed by atoms with Gasteiger partial charge in [0.15, 0.2) is 0 Å². The van der Waals surface area contributed by atoms with Gasteiger partial charge in [0.1, 0.15) is 5.82 Å². The Hall–Kier alpha value is -1.77. The van der Waals surface area contributed by atoms with Crippen LogP contribution in [0.1, 0.15) is 43.6 Å². The number of pyridine rings is 1. The average molecular weight is 500 g/mol. The van der Waals surface area contributed by atoms with Gasteiger partial charge in [-0.25, -0.2) is 4.98 Å². The number of halogens is 1. The van der Waals surface area contributed by atoms with Gasteiger partial charge < -0.3 is 19.5 Å². The number of carbonyl (C=O) groups is 1. The first-order valence-electron chi connectivity index (χ1n) is 12.9. The fraction of sp³-hybridized carbons (Fsp3) is 0.630. The number of amides is 1. The number of fused-ring (bicyclic) bond motifs is 1. The summed E-state index contributed by atoms with van der Waals surface area (Å²) in [7, 11) is 1.77. The van der Waals surface area contributed by atoms with E-state index in [1.807, 2.05) is 18.3 Å². The number of nitrogens with one attached hydrogen (secondary N) is 1. The number of piperidine rings is 1. The summed E-state index contributed by atoms with van der Waals surface area (Å²) in [6.45, 7) is 4.99. The maximum atomic E-state index is 12.9. The summed E-state index contributed by atoms with van der Waals surface area (Å²) in [6.07, 6.45) is 7.01. The predicted molar refractivity (Wildman–Crippen MR) is 135 cm³/mol. The van der Waals surface area contributed by atoms with Gasteiger partial charge in [-0.3, -0.25) is 9.69 Å². The van der Waals surface area contributed by atoms with E-state index in [0.29, 0.717) is 24.4 Å². The average Bonchev–Trinajstić information content (AvgIpc) is 3.34. The van der Waals surface area contributed by atoms with Gasteiger partial charge >= 0.3 is 0 Å². The van der Waals surface area contributed by atoms with Crippen LogP contribution in [-0.2, 0) is 19.0 Å². The van der Waals surface area contributed by atoms with Gasteiger partial charge in [-0.05, 0) is 85.7 Å². The summed E-state index contributed by atoms with van der Waals surface area (Å²) < 4.78 is 16.8. The van der Waals surface area contributed by atoms with E-state index in [4.69, 9.17) is 25.8 Å². The lowest BCUT2D eigenvalue weighted by atomic mass is 9.87. The Bertz CT molecular complexity index is 1100. The summed E-state index contributed by atoms with van der Waals surface area (Å²) in [5.74, 6) is 1.20. The number of likely N-dealkylation sites (tertiary alicyclic amines) is 1. The molecular weight excluding hydrogens is 466 g/mol. The Morgan fingerprint density at radius 1 is 1.14 bits per heavy atom. The second-order valence-electron chi connectivity index (χ2n) is 10.7. The number of anilines is 1. The van der Waals surface area contributed by atoms with Crippen molar-refractivity contribution in [3.8, 4) is 0 Å². The van der Waals surface area contributed by atoms with Crippen LogP contribution in [0.3, 0.4) is 0 Å². The molecule has 4 aliphatic rings. The van der Waals surface area contributed by atoms with E-state index in [2.05, 4.69) is 21.3 Å². The van der Waals surface area contributed by atoms with Crippen LogP contribution in [0, 0.1) is 11.3 Å². The molecule has 7 nitrogen and oxygen atoms in total. The van der Waals surface area contributed by atoms with Crippen molar-refractivity contribution < 1.29 is 19.0 Å². The topological polar surface area (TPSA) is 72.9 Å². The largest absolute Gasteiger partial charge is 0.381 e. The molecule has 1 amide bonds. The number of methoxy groups -OCH3 is 1. The molecule has 8 heteroatoms. The van der Waals surface area contributed by atoms with Crippen LogP contribution < -0.4 is 5.32 Å². The number of nitrogens with zero attached hydrogens (tertiary/aromatic N) is 2. The van der Waals surface area contributed by atoms with Gasteiger partial charge in [0.2, 0.25) is 5.91 Å². The summed E-state index contributed by atoms with van der Waals surface area (Å²) in [4.78, 5) is 19.9. The van der Waals surface area contributed by atoms with Crippen molar-refractivity contribution in [3.63, 3.8) is 0 Å². The molecule has 1 N–H and O–H groups in total. The summed E-state index contributed by atoms with van der Waals surface area (Å²) in [5, 5.41) is 5.93. The van der Waals surface area contributed by atoms with Crippen molar-refractivity contribution in [1.29, 1.82) is 0 Å². The third-order valence-electron chi connectivity index (χ3n) is 8.82. The number of ether oxygens (including phenoxy) is 3. The van der Waals surface area contributed by atoms with Crippen molar-refractivity contribution in [2.24, 2.45) is 11.3 Å². The van der Waals surface area contributed by atoms with Crippen LogP contribution in [0.15, 0.2) is 24.4 Å². The van der Waals surface area contributed by atoms with E-state index in [1.54, 1.807) is 7.11 Å². The van der Waals surface area contributed by atoms with E-state index >= 15 is 0 Å². The first kappa shape index (κ1) is 23.6. The second kappa shape index (κ2) is 9.60. The highest BCUT2D eigenvalue weighted by Gasteiger charge is 2.58. The first-order valence-corrected chi connectivity index (χ1v) is 13.3. The van der Waals surface area contributed by atoms with E-state index < -0.39 is 0 Å². The van der Waals surface area contributed by atoms with Gasteiger partial charge in [-0.1, -0.05) is 11.6 Å². The molecular formula is C27H34ClN3O4. The van der Waals surface area contributed by atoms with Crippen molar-refractivity contribution in [1.82, 2.24) is 9.88 Å². The SMILES string of the molecule is CO[C@H]1COC[C@H]1N1CCC(c2cc3cc(NC(=O)[C@H]4CC45CCOCC5)ncc3cc2Cl)CC1. The molecule has 188 valence electrons. The number of hydrogen-bond donors (Lipinski definition) is 1. The second-order valence-corrected chi connectivity index (χ2v) is 11.1. The lowest BCUT2D eigenvalue weighted by molar-refractivity contribution is -0.118. The molecule has 0 bridgehead atoms. The van der Waals surface area contributed by atoms with Crippen LogP contribution >= 0.6 is 11.6 Å². The molecule has 4 heterocycles. The third-order valence-corrected chi connectivity index (χ3v) is 9.15. The lowest BCUT2D eigenvalue weighted by Gasteiger charge is -2.37. The highest BCUT2D eigenvalue weighted by atomic mass is 35.5. The quantitative estimate of drug-likeness (QED) is 0.663. The Labute approximate surface area is 211 Å². The van der Waals surface area contributed by atoms with Crippen molar-refractivity contribution in [3.05, 3.63) is 35.0 Å². The Morgan fingerprint density at radius 2 is 1.94 bits per heavy atom. The van der Waals surface area contributed by atoms with E-state index in [9.17, 15) is 4.79 Å². The fourth-order valence-corrected chi connectivity index (χ4v) is 6.78. The molecule has 1 spiro atoms. The van der Waals surface area contributed by atoms with E-state index in [0.717, 1.165) is 80.8 Å². The molecule has 2 aromatic rings. The molecule has 35 heavy (non-hydrogen) atoms. The molecule has 1 saturated carbocycles. The first-order chi connectivity index (χ1) is 17.1. The van der Waals surface area contributed by atoms with Crippen LogP contribution in [0.5, 0.6) is 0 Å². The van der Waals surface area contributed by atoms with Gasteiger partial charge in [-0.15, -0.1) is 0 Å². The van der Waals surface area contributed by atoms with Crippen molar-refractivity contribution in [2.45, 2.75) is 50.2 Å². The molecule has 0 unspecified atom stereocenters. The standard InChI is InChI=1S/C27H34ClN3O4/c1-33-24-16-35-15-23(24)31-6-2-17(3-7-31)20-10-18-12-25(29-14-19(18)11-22(20)28)30-26(32)21-13-27(21)4-8-34-9-5-27/h10-12,14,17,21,23-24H,2-9,13,15-16H2,1H3,(H,29,30,32)/t21-,23-,24+/m1/s1. The molecule has 1 aromatic heterocycles. The Kier molecular flexibility index (Phi) is 6.48. The van der Waals surface area contributed by atoms with E-state index in [1.165, 1.54) is 5.56 Å². The smallest absolute Gasteiger partial charge is 0.229 e. The highest BCUT2D eigenvalue weighted by Crippen LogP contribution is 2.59. The van der Waals surface area contributed by atoms with Crippen LogP contribution in [0.2, 0.25) is 5.02 Å². The van der Waals surface area contributed by atoms with Crippen molar-refractivity contribution >= 4 is 34.1 Å². The highest BCUT2D eigenvalue weighted by molar-refractivity contribution is 6.32. The molecule has 3 saturated heterocycles. The minimum absolute atomic E-state index is 0.0813. The molecule has 1 aliphatic carbocycles. The number of aromatic nitrogens is 1. The molecule has 1 aromatic carbocycles. The molecule has 3 aliphatic heterocycles. The predicted octanol–water partition coefficient (Wildman–Crippen LogP) is 4.24. The zero-order valence-electron chi connectivity index (χ0n) is 20.3. The molecule has 0 radical (unpaired) electrons. The Balaban J connectivity index is 1.14. The van der Waals surface area contributed by atoms with Gasteiger partial charge in [0, 0.05) is 42.8 Å². The number of benzene rings is 1. The maximum Gasteiger partial charge on any atom is 0.229 e. The molecule has 6 rings (SSSR count). The van der Waals surface area contributed by atoms with Gasteiger partial charge in [-0.2, -0.15) is 0 Å². The zero-order valence-corrected chi connectivity index (χ0v) is 21.1. The summed E-state index contributed by atoms with van der Waals surface area (Å²) in [5.41, 5.74) is 1.35. The Morgan fingerprint density at radius 3 is 2.71 bits per heavy atom. The monoisotopic (exact) mass is 499 g/mol. The minimum Gasteiger partial charge on any atom is -0.381 e. The number of hydrogen-bond acceptors (Lipinski definition) is 6. The normalized spacial score (nSPS) is 29.0. The van der Waals surface area contributed by atoms with E-state index in [-0.39, 0.29) is 23.3 Å². The summed E-state index contributed by atoms with van der Waals surface area (Å²) >= 11 is 6.74. The summed E-state index contributed by atoms with van der Waals surface area (Å²) in [6, 6.07) is 6.54.